The number of carbonyl (C=O) groups is 2. The number of ether oxygens (including phenoxy) is 1. The van der Waals surface area contributed by atoms with Gasteiger partial charge in [-0.25, -0.2) is 9.59 Å². The Hall–Kier alpha value is -1.64. The number of esters is 2. The predicted octanol–water partition coefficient (Wildman–Crippen LogP) is 3.72. The largest absolute Gasteiger partial charge is 0.386 e. The molecule has 0 aromatic heterocycles. The van der Waals surface area contributed by atoms with Gasteiger partial charge < -0.3 is 4.74 Å². The van der Waals surface area contributed by atoms with Gasteiger partial charge in [0.1, 0.15) is 0 Å². The molecule has 0 N–H and O–H groups in total. The molecule has 0 aromatic carbocycles. The second-order valence-electron chi connectivity index (χ2n) is 4.15. The molecule has 0 amide bonds. The summed E-state index contributed by atoms with van der Waals surface area (Å²) in [5, 5.41) is 0. The smallest absolute Gasteiger partial charge is 0.341 e. The molecular formula is C15H22O3. The van der Waals surface area contributed by atoms with Gasteiger partial charge in [0.15, 0.2) is 0 Å². The topological polar surface area (TPSA) is 43.4 Å². The summed E-state index contributed by atoms with van der Waals surface area (Å²) in [6, 6.07) is 0. The average Bonchev–Trinajstić information content (AvgIpc) is 2.34. The van der Waals surface area contributed by atoms with Crippen molar-refractivity contribution in [2.75, 3.05) is 0 Å². The number of hydrogen-bond donors (Lipinski definition) is 0. The highest BCUT2D eigenvalue weighted by atomic mass is 16.6. The number of allylic oxidation sites excluding steroid dienone is 3. The van der Waals surface area contributed by atoms with E-state index < -0.39 is 11.9 Å². The normalized spacial score (nSPS) is 12.2. The van der Waals surface area contributed by atoms with Crippen LogP contribution in [0.4, 0.5) is 0 Å². The molecule has 3 nitrogen and oxygen atoms in total. The highest BCUT2D eigenvalue weighted by Crippen LogP contribution is 2.06. The molecule has 0 saturated carbocycles. The van der Waals surface area contributed by atoms with Gasteiger partial charge in [0.2, 0.25) is 0 Å². The zero-order chi connectivity index (χ0) is 14.0. The van der Waals surface area contributed by atoms with Crippen LogP contribution in [0.3, 0.4) is 0 Å². The third kappa shape index (κ3) is 6.84. The molecule has 0 heterocycles. The fraction of sp³-hybridized carbons (Fsp3) is 0.467. The van der Waals surface area contributed by atoms with Crippen LogP contribution in [0.1, 0.15) is 46.5 Å². The summed E-state index contributed by atoms with van der Waals surface area (Å²) >= 11 is 0. The molecule has 0 fully saturated rings. The van der Waals surface area contributed by atoms with Crippen LogP contribution in [0.2, 0.25) is 0 Å². The zero-order valence-electron chi connectivity index (χ0n) is 11.5. The second-order valence-corrected chi connectivity index (χ2v) is 4.15. The first-order valence-corrected chi connectivity index (χ1v) is 6.25. The van der Waals surface area contributed by atoms with E-state index in [1.54, 1.807) is 13.8 Å². The van der Waals surface area contributed by atoms with Crippen molar-refractivity contribution in [2.45, 2.75) is 46.5 Å². The lowest BCUT2D eigenvalue weighted by Crippen LogP contribution is -2.13. The van der Waals surface area contributed by atoms with Crippen LogP contribution >= 0.6 is 0 Å². The molecule has 0 atom stereocenters. The van der Waals surface area contributed by atoms with Gasteiger partial charge in [-0.1, -0.05) is 44.6 Å². The first kappa shape index (κ1) is 16.4. The molecule has 3 heteroatoms. The SMILES string of the molecule is C=CC=C(C)C(=O)OC(=O)C(C)=CCCCCC. The third-order valence-corrected chi connectivity index (χ3v) is 2.46. The Kier molecular flexibility index (Phi) is 8.54. The van der Waals surface area contributed by atoms with Gasteiger partial charge >= 0.3 is 11.9 Å². The lowest BCUT2D eigenvalue weighted by molar-refractivity contribution is -0.153. The molecule has 0 unspecified atom stereocenters. The van der Waals surface area contributed by atoms with Crippen LogP contribution in [0, 0.1) is 0 Å². The van der Waals surface area contributed by atoms with Crippen LogP contribution in [0.15, 0.2) is 36.0 Å². The van der Waals surface area contributed by atoms with E-state index in [0.717, 1.165) is 25.7 Å². The highest BCUT2D eigenvalue weighted by Gasteiger charge is 2.13. The summed E-state index contributed by atoms with van der Waals surface area (Å²) in [4.78, 5) is 23.0. The van der Waals surface area contributed by atoms with E-state index in [1.807, 2.05) is 6.08 Å². The molecule has 0 aromatic rings. The highest BCUT2D eigenvalue weighted by molar-refractivity contribution is 6.01. The Morgan fingerprint density at radius 1 is 1.11 bits per heavy atom. The van der Waals surface area contributed by atoms with Crippen molar-refractivity contribution in [3.8, 4) is 0 Å². The molecule has 0 aliphatic carbocycles. The summed E-state index contributed by atoms with van der Waals surface area (Å²) < 4.78 is 4.72. The van der Waals surface area contributed by atoms with Crippen molar-refractivity contribution < 1.29 is 14.3 Å². The number of carbonyl (C=O) groups excluding carboxylic acids is 2. The van der Waals surface area contributed by atoms with Crippen molar-refractivity contribution in [2.24, 2.45) is 0 Å². The van der Waals surface area contributed by atoms with Gasteiger partial charge in [-0.3, -0.25) is 0 Å². The minimum absolute atomic E-state index is 0.358. The predicted molar refractivity (Wildman–Crippen MR) is 73.0 cm³/mol. The minimum atomic E-state index is -0.624. The first-order chi connectivity index (χ1) is 8.52. The summed E-state index contributed by atoms with van der Waals surface area (Å²) in [5.74, 6) is -1.20. The van der Waals surface area contributed by atoms with Crippen molar-refractivity contribution >= 4 is 11.9 Å². The third-order valence-electron chi connectivity index (χ3n) is 2.46. The van der Waals surface area contributed by atoms with Gasteiger partial charge in [-0.2, -0.15) is 0 Å². The van der Waals surface area contributed by atoms with Gasteiger partial charge in [0.05, 0.1) is 0 Å². The quantitative estimate of drug-likeness (QED) is 0.227. The molecule has 100 valence electrons. The van der Waals surface area contributed by atoms with Crippen LogP contribution in [0.25, 0.3) is 0 Å². The Labute approximate surface area is 109 Å². The summed E-state index contributed by atoms with van der Waals surface area (Å²) in [5.41, 5.74) is 0.836. The molecule has 0 aliphatic rings. The maximum atomic E-state index is 11.6. The van der Waals surface area contributed by atoms with Gasteiger partial charge in [-0.15, -0.1) is 0 Å². The Bertz CT molecular complexity index is 362. The summed E-state index contributed by atoms with van der Waals surface area (Å²) in [6.07, 6.45) is 8.97. The second kappa shape index (κ2) is 9.40. The number of hydrogen-bond acceptors (Lipinski definition) is 3. The van der Waals surface area contributed by atoms with E-state index in [1.165, 1.54) is 12.2 Å². The van der Waals surface area contributed by atoms with E-state index >= 15 is 0 Å². The number of unbranched alkanes of at least 4 members (excludes halogenated alkanes) is 3. The summed E-state index contributed by atoms with van der Waals surface area (Å²) in [7, 11) is 0. The van der Waals surface area contributed by atoms with Crippen LogP contribution < -0.4 is 0 Å². The maximum absolute atomic E-state index is 11.6. The molecule has 0 bridgehead atoms. The first-order valence-electron chi connectivity index (χ1n) is 6.25. The van der Waals surface area contributed by atoms with Crippen LogP contribution in [-0.4, -0.2) is 11.9 Å². The van der Waals surface area contributed by atoms with E-state index in [9.17, 15) is 9.59 Å². The van der Waals surface area contributed by atoms with Gasteiger partial charge in [0.25, 0.3) is 0 Å². The van der Waals surface area contributed by atoms with Crippen molar-refractivity contribution in [3.05, 3.63) is 36.0 Å². The van der Waals surface area contributed by atoms with Crippen molar-refractivity contribution in [1.29, 1.82) is 0 Å². The Balaban J connectivity index is 4.27. The fourth-order valence-corrected chi connectivity index (χ4v) is 1.29. The van der Waals surface area contributed by atoms with Gasteiger partial charge in [-0.05, 0) is 26.7 Å². The monoisotopic (exact) mass is 250 g/mol. The molecule has 18 heavy (non-hydrogen) atoms. The van der Waals surface area contributed by atoms with Gasteiger partial charge in [0, 0.05) is 11.1 Å². The lowest BCUT2D eigenvalue weighted by atomic mass is 10.1. The molecule has 0 radical (unpaired) electrons. The molecule has 0 rings (SSSR count). The van der Waals surface area contributed by atoms with E-state index in [-0.39, 0.29) is 0 Å². The molecular weight excluding hydrogens is 228 g/mol. The van der Waals surface area contributed by atoms with E-state index in [4.69, 9.17) is 4.74 Å². The Morgan fingerprint density at radius 3 is 2.28 bits per heavy atom. The van der Waals surface area contributed by atoms with E-state index in [2.05, 4.69) is 13.5 Å². The minimum Gasteiger partial charge on any atom is -0.386 e. The fourth-order valence-electron chi connectivity index (χ4n) is 1.29. The van der Waals surface area contributed by atoms with Crippen LogP contribution in [0.5, 0.6) is 0 Å². The molecule has 0 saturated heterocycles. The molecule has 0 aliphatic heterocycles. The molecule has 0 spiro atoms. The van der Waals surface area contributed by atoms with Crippen LogP contribution in [-0.2, 0) is 14.3 Å². The van der Waals surface area contributed by atoms with Crippen molar-refractivity contribution in [1.82, 2.24) is 0 Å². The number of rotatable bonds is 7. The average molecular weight is 250 g/mol. The maximum Gasteiger partial charge on any atom is 0.341 e. The lowest BCUT2D eigenvalue weighted by Gasteiger charge is -2.03. The Morgan fingerprint density at radius 2 is 1.72 bits per heavy atom. The standard InChI is InChI=1S/C15H22O3/c1-5-7-8-9-11-13(4)15(17)18-14(16)12(3)10-6-2/h6,10-11H,2,5,7-9H2,1,3-4H3. The van der Waals surface area contributed by atoms with Crippen molar-refractivity contribution in [3.63, 3.8) is 0 Å². The zero-order valence-corrected chi connectivity index (χ0v) is 11.5. The van der Waals surface area contributed by atoms with E-state index in [0.29, 0.717) is 11.1 Å². The summed E-state index contributed by atoms with van der Waals surface area (Å²) in [6.45, 7) is 8.84.